The number of hydrogen-bond acceptors (Lipinski definition) is 3. The van der Waals surface area contributed by atoms with Gasteiger partial charge in [-0.25, -0.2) is 4.39 Å². The summed E-state index contributed by atoms with van der Waals surface area (Å²) in [5.74, 6) is 0.507. The van der Waals surface area contributed by atoms with E-state index in [1.54, 1.807) is 13.8 Å². The molecule has 1 aromatic rings. The highest BCUT2D eigenvalue weighted by Gasteiger charge is 2.31. The first kappa shape index (κ1) is 12.6. The van der Waals surface area contributed by atoms with Gasteiger partial charge in [-0.15, -0.1) is 0 Å². The van der Waals surface area contributed by atoms with E-state index in [9.17, 15) is 9.50 Å². The lowest BCUT2D eigenvalue weighted by atomic mass is 9.85. The van der Waals surface area contributed by atoms with Crippen LogP contribution in [0.15, 0.2) is 10.5 Å². The van der Waals surface area contributed by atoms with Crippen LogP contribution >= 0.6 is 15.9 Å². The Bertz CT molecular complexity index is 446. The molecule has 17 heavy (non-hydrogen) atoms. The van der Waals surface area contributed by atoms with Crippen LogP contribution in [0.1, 0.15) is 19.4 Å². The molecule has 0 aliphatic carbocycles. The molecule has 94 valence electrons. The number of aliphatic hydroxyl groups is 1. The fraction of sp³-hybridized carbons (Fsp3) is 0.500. The highest BCUT2D eigenvalue weighted by Crippen LogP contribution is 2.45. The van der Waals surface area contributed by atoms with Crippen molar-refractivity contribution in [2.75, 3.05) is 19.8 Å². The third kappa shape index (κ3) is 2.13. The van der Waals surface area contributed by atoms with Gasteiger partial charge in [-0.1, -0.05) is 13.8 Å². The van der Waals surface area contributed by atoms with Gasteiger partial charge in [0.05, 0.1) is 11.1 Å². The summed E-state index contributed by atoms with van der Waals surface area (Å²) >= 11 is 3.34. The summed E-state index contributed by atoms with van der Waals surface area (Å²) < 4.78 is 25.4. The Morgan fingerprint density at radius 3 is 2.71 bits per heavy atom. The van der Waals surface area contributed by atoms with Crippen molar-refractivity contribution in [2.45, 2.75) is 19.3 Å². The van der Waals surface area contributed by atoms with E-state index in [-0.39, 0.29) is 6.61 Å². The van der Waals surface area contributed by atoms with Crippen LogP contribution in [0.2, 0.25) is 0 Å². The molecule has 0 fully saturated rings. The maximum atomic E-state index is 14.0. The molecule has 1 aliphatic rings. The molecular formula is C12H14BrFO3. The predicted molar refractivity (Wildman–Crippen MR) is 65.2 cm³/mol. The molecule has 0 amide bonds. The summed E-state index contributed by atoms with van der Waals surface area (Å²) in [6, 6.07) is 1.31. The maximum absolute atomic E-state index is 14.0. The first-order valence-electron chi connectivity index (χ1n) is 5.36. The van der Waals surface area contributed by atoms with Crippen LogP contribution in [0.4, 0.5) is 4.39 Å². The molecule has 0 spiro atoms. The topological polar surface area (TPSA) is 38.7 Å². The van der Waals surface area contributed by atoms with Crippen molar-refractivity contribution >= 4 is 15.9 Å². The number of ether oxygens (including phenoxy) is 2. The Morgan fingerprint density at radius 1 is 1.41 bits per heavy atom. The average Bonchev–Trinajstić information content (AvgIpc) is 2.28. The van der Waals surface area contributed by atoms with Gasteiger partial charge >= 0.3 is 0 Å². The predicted octanol–water partition coefficient (Wildman–Crippen LogP) is 2.63. The average molecular weight is 305 g/mol. The zero-order valence-electron chi connectivity index (χ0n) is 9.72. The molecule has 0 unspecified atom stereocenters. The van der Waals surface area contributed by atoms with Gasteiger partial charge in [0.1, 0.15) is 19.0 Å². The van der Waals surface area contributed by atoms with Crippen LogP contribution in [0.25, 0.3) is 0 Å². The van der Waals surface area contributed by atoms with Crippen molar-refractivity contribution in [3.8, 4) is 11.5 Å². The second-order valence-corrected chi connectivity index (χ2v) is 5.41. The van der Waals surface area contributed by atoms with E-state index in [2.05, 4.69) is 15.9 Å². The minimum Gasteiger partial charge on any atom is -0.486 e. The monoisotopic (exact) mass is 304 g/mol. The van der Waals surface area contributed by atoms with Crippen molar-refractivity contribution in [3.05, 3.63) is 21.9 Å². The van der Waals surface area contributed by atoms with Gasteiger partial charge in [-0.2, -0.15) is 0 Å². The molecule has 2 rings (SSSR count). The van der Waals surface area contributed by atoms with Gasteiger partial charge in [0.2, 0.25) is 0 Å². The molecule has 0 saturated carbocycles. The second-order valence-electron chi connectivity index (χ2n) is 4.61. The first-order chi connectivity index (χ1) is 7.97. The van der Waals surface area contributed by atoms with Gasteiger partial charge in [-0.05, 0) is 15.9 Å². The molecule has 5 heteroatoms. The van der Waals surface area contributed by atoms with Gasteiger partial charge < -0.3 is 14.6 Å². The summed E-state index contributed by atoms with van der Waals surface area (Å²) in [5.41, 5.74) is -0.275. The number of aliphatic hydroxyl groups excluding tert-OH is 1. The minimum atomic E-state index is -0.682. The van der Waals surface area contributed by atoms with E-state index < -0.39 is 11.2 Å². The fourth-order valence-corrected chi connectivity index (χ4v) is 2.85. The highest BCUT2D eigenvalue weighted by atomic mass is 79.9. The lowest BCUT2D eigenvalue weighted by Gasteiger charge is -2.28. The van der Waals surface area contributed by atoms with E-state index in [0.717, 1.165) is 0 Å². The van der Waals surface area contributed by atoms with E-state index in [4.69, 9.17) is 9.47 Å². The fourth-order valence-electron chi connectivity index (χ4n) is 1.82. The van der Waals surface area contributed by atoms with Crippen molar-refractivity contribution in [1.29, 1.82) is 0 Å². The Morgan fingerprint density at radius 2 is 2.06 bits per heavy atom. The number of rotatable bonds is 2. The summed E-state index contributed by atoms with van der Waals surface area (Å²) in [5, 5.41) is 9.34. The Kier molecular flexibility index (Phi) is 3.32. The van der Waals surface area contributed by atoms with Crippen LogP contribution in [-0.4, -0.2) is 24.9 Å². The number of benzene rings is 1. The molecule has 0 aromatic heterocycles. The lowest BCUT2D eigenvalue weighted by Crippen LogP contribution is -2.26. The third-order valence-corrected chi connectivity index (χ3v) is 3.56. The summed E-state index contributed by atoms with van der Waals surface area (Å²) in [6.07, 6.45) is 0. The highest BCUT2D eigenvalue weighted by molar-refractivity contribution is 9.10. The van der Waals surface area contributed by atoms with Crippen LogP contribution in [0.5, 0.6) is 11.5 Å². The Labute approximate surface area is 108 Å². The van der Waals surface area contributed by atoms with Gasteiger partial charge in [-0.3, -0.25) is 0 Å². The molecule has 1 N–H and O–H groups in total. The summed E-state index contributed by atoms with van der Waals surface area (Å²) in [7, 11) is 0. The summed E-state index contributed by atoms with van der Waals surface area (Å²) in [6.45, 7) is 4.25. The Balaban J connectivity index is 2.61. The molecule has 1 aliphatic heterocycles. The quantitative estimate of drug-likeness (QED) is 0.913. The van der Waals surface area contributed by atoms with Crippen molar-refractivity contribution in [2.24, 2.45) is 0 Å². The zero-order chi connectivity index (χ0) is 12.6. The molecular weight excluding hydrogens is 291 g/mol. The lowest BCUT2D eigenvalue weighted by molar-refractivity contribution is 0.167. The minimum absolute atomic E-state index is 0.151. The van der Waals surface area contributed by atoms with Crippen molar-refractivity contribution in [1.82, 2.24) is 0 Å². The van der Waals surface area contributed by atoms with Crippen molar-refractivity contribution < 1.29 is 19.0 Å². The smallest absolute Gasteiger partial charge is 0.176 e. The van der Waals surface area contributed by atoms with E-state index in [0.29, 0.717) is 34.7 Å². The van der Waals surface area contributed by atoms with E-state index >= 15 is 0 Å². The first-order valence-corrected chi connectivity index (χ1v) is 6.15. The number of halogens is 2. The largest absolute Gasteiger partial charge is 0.486 e. The molecule has 1 aromatic carbocycles. The number of hydrogen-bond donors (Lipinski definition) is 1. The molecule has 0 bridgehead atoms. The normalized spacial score (nSPS) is 14.9. The van der Waals surface area contributed by atoms with Crippen LogP contribution in [-0.2, 0) is 5.41 Å². The molecule has 0 saturated heterocycles. The third-order valence-electron chi connectivity index (χ3n) is 2.80. The maximum Gasteiger partial charge on any atom is 0.176 e. The van der Waals surface area contributed by atoms with Crippen LogP contribution in [0.3, 0.4) is 0 Å². The summed E-state index contributed by atoms with van der Waals surface area (Å²) in [4.78, 5) is 0. The van der Waals surface area contributed by atoms with E-state index in [1.807, 2.05) is 0 Å². The standard InChI is InChI=1S/C12H14BrFO3/c1-12(2,6-15)9-7(14)5-8-11(10(9)13)17-4-3-16-8/h5,15H,3-4,6H2,1-2H3. The molecule has 0 radical (unpaired) electrons. The van der Waals surface area contributed by atoms with Crippen molar-refractivity contribution in [3.63, 3.8) is 0 Å². The number of fused-ring (bicyclic) bond motifs is 1. The molecule has 0 atom stereocenters. The van der Waals surface area contributed by atoms with Gasteiger partial charge in [0, 0.05) is 17.0 Å². The molecule has 3 nitrogen and oxygen atoms in total. The SMILES string of the molecule is CC(C)(CO)c1c(F)cc2c(c1Br)OCCO2. The second kappa shape index (κ2) is 4.46. The van der Waals surface area contributed by atoms with Crippen LogP contribution < -0.4 is 9.47 Å². The Hall–Kier alpha value is -0.810. The molecule has 1 heterocycles. The van der Waals surface area contributed by atoms with Crippen LogP contribution in [0, 0.1) is 5.82 Å². The van der Waals surface area contributed by atoms with Gasteiger partial charge in [0.15, 0.2) is 11.5 Å². The van der Waals surface area contributed by atoms with Gasteiger partial charge in [0.25, 0.3) is 0 Å². The zero-order valence-corrected chi connectivity index (χ0v) is 11.3. The van der Waals surface area contributed by atoms with E-state index in [1.165, 1.54) is 6.07 Å².